The second-order valence-electron chi connectivity index (χ2n) is 6.77. The molecule has 1 N–H and O–H groups in total. The Morgan fingerprint density at radius 3 is 2.38 bits per heavy atom. The average molecular weight is 411 g/mol. The highest BCUT2D eigenvalue weighted by Gasteiger charge is 2.20. The number of hydrogen-bond donors (Lipinski definition) is 1. The molecule has 0 aromatic heterocycles. The summed E-state index contributed by atoms with van der Waals surface area (Å²) >= 11 is 0. The fraction of sp³-hybridized carbons (Fsp3) is 0.174. The summed E-state index contributed by atoms with van der Waals surface area (Å²) in [7, 11) is -3.87. The molecule has 0 fully saturated rings. The number of benzene rings is 3. The maximum Gasteiger partial charge on any atom is 0.240 e. The molecule has 0 heterocycles. The summed E-state index contributed by atoms with van der Waals surface area (Å²) in [6.07, 6.45) is 0.694. The summed E-state index contributed by atoms with van der Waals surface area (Å²) in [4.78, 5) is 12.7. The SMILES string of the molecule is CCc1cccc(S(=O)(=O)NCC(=O)c2cc(-c3ccccc3)cc(C)c2F)c1. The zero-order valence-corrected chi connectivity index (χ0v) is 17.1. The van der Waals surface area contributed by atoms with Gasteiger partial charge in [-0.15, -0.1) is 0 Å². The molecule has 0 aliphatic rings. The van der Waals surface area contributed by atoms with E-state index in [0.29, 0.717) is 17.5 Å². The van der Waals surface area contributed by atoms with Gasteiger partial charge in [0, 0.05) is 0 Å². The van der Waals surface area contributed by atoms with E-state index in [9.17, 15) is 17.6 Å². The van der Waals surface area contributed by atoms with Crippen LogP contribution in [0.2, 0.25) is 0 Å². The van der Waals surface area contributed by atoms with Gasteiger partial charge in [0.15, 0.2) is 5.78 Å². The van der Waals surface area contributed by atoms with E-state index in [0.717, 1.165) is 11.1 Å². The van der Waals surface area contributed by atoms with Gasteiger partial charge < -0.3 is 0 Å². The molecule has 3 rings (SSSR count). The smallest absolute Gasteiger partial charge is 0.240 e. The Kier molecular flexibility index (Phi) is 6.25. The molecule has 0 unspecified atom stereocenters. The third kappa shape index (κ3) is 4.78. The fourth-order valence-electron chi connectivity index (χ4n) is 3.04. The van der Waals surface area contributed by atoms with Crippen molar-refractivity contribution >= 4 is 15.8 Å². The van der Waals surface area contributed by atoms with Gasteiger partial charge in [0.1, 0.15) is 5.82 Å². The summed E-state index contributed by atoms with van der Waals surface area (Å²) in [6.45, 7) is 2.99. The van der Waals surface area contributed by atoms with Crippen LogP contribution in [-0.2, 0) is 16.4 Å². The van der Waals surface area contributed by atoms with Crippen molar-refractivity contribution in [2.45, 2.75) is 25.2 Å². The lowest BCUT2D eigenvalue weighted by Crippen LogP contribution is -2.30. The molecule has 0 aliphatic carbocycles. The van der Waals surface area contributed by atoms with E-state index in [1.54, 1.807) is 25.1 Å². The molecule has 3 aromatic carbocycles. The van der Waals surface area contributed by atoms with Crippen molar-refractivity contribution in [3.63, 3.8) is 0 Å². The highest BCUT2D eigenvalue weighted by molar-refractivity contribution is 7.89. The van der Waals surface area contributed by atoms with Crippen LogP contribution in [0.4, 0.5) is 4.39 Å². The number of nitrogens with one attached hydrogen (secondary N) is 1. The number of hydrogen-bond acceptors (Lipinski definition) is 3. The molecule has 0 radical (unpaired) electrons. The van der Waals surface area contributed by atoms with Gasteiger partial charge in [-0.3, -0.25) is 4.79 Å². The summed E-state index contributed by atoms with van der Waals surface area (Å²) in [5.41, 5.74) is 2.62. The first-order valence-corrected chi connectivity index (χ1v) is 10.8. The summed E-state index contributed by atoms with van der Waals surface area (Å²) in [5.74, 6) is -1.26. The third-order valence-electron chi connectivity index (χ3n) is 4.70. The van der Waals surface area contributed by atoms with E-state index >= 15 is 0 Å². The van der Waals surface area contributed by atoms with Gasteiger partial charge >= 0.3 is 0 Å². The molecule has 0 amide bonds. The maximum absolute atomic E-state index is 14.6. The summed E-state index contributed by atoms with van der Waals surface area (Å²) in [5, 5.41) is 0. The third-order valence-corrected chi connectivity index (χ3v) is 6.10. The van der Waals surface area contributed by atoms with E-state index in [-0.39, 0.29) is 10.5 Å². The molecule has 3 aromatic rings. The van der Waals surface area contributed by atoms with E-state index in [2.05, 4.69) is 4.72 Å². The van der Waals surface area contributed by atoms with Crippen molar-refractivity contribution in [3.05, 3.63) is 89.2 Å². The fourth-order valence-corrected chi connectivity index (χ4v) is 4.09. The molecule has 0 saturated heterocycles. The van der Waals surface area contributed by atoms with Gasteiger partial charge in [0.25, 0.3) is 0 Å². The molecule has 0 atom stereocenters. The number of rotatable bonds is 7. The minimum atomic E-state index is -3.87. The predicted molar refractivity (Wildman–Crippen MR) is 112 cm³/mol. The average Bonchev–Trinajstić information content (AvgIpc) is 2.74. The van der Waals surface area contributed by atoms with Gasteiger partial charge in [-0.2, -0.15) is 0 Å². The molecule has 0 bridgehead atoms. The molecule has 0 saturated carbocycles. The number of ketones is 1. The molecule has 0 aliphatic heterocycles. The Morgan fingerprint density at radius 2 is 1.69 bits per heavy atom. The van der Waals surface area contributed by atoms with Gasteiger partial charge in [-0.25, -0.2) is 17.5 Å². The van der Waals surface area contributed by atoms with Crippen LogP contribution >= 0.6 is 0 Å². The minimum absolute atomic E-state index is 0.0827. The lowest BCUT2D eigenvalue weighted by molar-refractivity contribution is 0.0993. The molecule has 150 valence electrons. The van der Waals surface area contributed by atoms with Gasteiger partial charge in [-0.1, -0.05) is 49.4 Å². The van der Waals surface area contributed by atoms with Crippen LogP contribution in [0, 0.1) is 12.7 Å². The number of carbonyl (C=O) groups excluding carboxylic acids is 1. The monoisotopic (exact) mass is 411 g/mol. The normalized spacial score (nSPS) is 11.4. The Morgan fingerprint density at radius 1 is 0.966 bits per heavy atom. The van der Waals surface area contributed by atoms with Crippen molar-refractivity contribution < 1.29 is 17.6 Å². The highest BCUT2D eigenvalue weighted by atomic mass is 32.2. The van der Waals surface area contributed by atoms with Gasteiger partial charge in [0.05, 0.1) is 17.0 Å². The molecular weight excluding hydrogens is 389 g/mol. The van der Waals surface area contributed by atoms with Crippen molar-refractivity contribution in [2.24, 2.45) is 0 Å². The lowest BCUT2D eigenvalue weighted by Gasteiger charge is -2.11. The molecule has 4 nitrogen and oxygen atoms in total. The summed E-state index contributed by atoms with van der Waals surface area (Å²) in [6, 6.07) is 19.0. The quantitative estimate of drug-likeness (QED) is 0.581. The Bertz CT molecular complexity index is 1140. The van der Waals surface area contributed by atoms with Crippen LogP contribution in [0.5, 0.6) is 0 Å². The number of sulfonamides is 1. The van der Waals surface area contributed by atoms with Crippen LogP contribution in [-0.4, -0.2) is 20.7 Å². The molecule has 6 heteroatoms. The number of halogens is 1. The predicted octanol–water partition coefficient (Wildman–Crippen LogP) is 4.52. The van der Waals surface area contributed by atoms with Crippen LogP contribution in [0.15, 0.2) is 71.6 Å². The van der Waals surface area contributed by atoms with Crippen LogP contribution in [0.3, 0.4) is 0 Å². The molecule has 29 heavy (non-hydrogen) atoms. The topological polar surface area (TPSA) is 63.2 Å². The Balaban J connectivity index is 1.84. The maximum atomic E-state index is 14.6. The van der Waals surface area contributed by atoms with E-state index in [4.69, 9.17) is 0 Å². The van der Waals surface area contributed by atoms with Crippen molar-refractivity contribution in [1.82, 2.24) is 4.72 Å². The zero-order chi connectivity index (χ0) is 21.0. The first kappa shape index (κ1) is 20.9. The van der Waals surface area contributed by atoms with Crippen LogP contribution in [0.1, 0.15) is 28.4 Å². The van der Waals surface area contributed by atoms with Gasteiger partial charge in [-0.05, 0) is 59.9 Å². The van der Waals surface area contributed by atoms with Crippen molar-refractivity contribution in [3.8, 4) is 11.1 Å². The van der Waals surface area contributed by atoms with E-state index < -0.39 is 28.2 Å². The van der Waals surface area contributed by atoms with E-state index in [1.807, 2.05) is 43.3 Å². The van der Waals surface area contributed by atoms with Crippen LogP contribution in [0.25, 0.3) is 11.1 Å². The Hall–Kier alpha value is -2.83. The second kappa shape index (κ2) is 8.68. The molecular formula is C23H22FNO3S. The standard InChI is InChI=1S/C23H22FNO3S/c1-3-17-8-7-11-20(13-17)29(27,28)25-15-22(26)21-14-19(12-16(2)23(21)24)18-9-5-4-6-10-18/h4-14,25H,3,15H2,1-2H3. The highest BCUT2D eigenvalue weighted by Crippen LogP contribution is 2.25. The first-order valence-electron chi connectivity index (χ1n) is 9.29. The number of aryl methyl sites for hydroxylation is 2. The first-order chi connectivity index (χ1) is 13.8. The number of carbonyl (C=O) groups is 1. The van der Waals surface area contributed by atoms with Gasteiger partial charge in [0.2, 0.25) is 10.0 Å². The minimum Gasteiger partial charge on any atom is -0.293 e. The summed E-state index contributed by atoms with van der Waals surface area (Å²) < 4.78 is 41.9. The second-order valence-corrected chi connectivity index (χ2v) is 8.54. The van der Waals surface area contributed by atoms with Crippen molar-refractivity contribution in [1.29, 1.82) is 0 Å². The van der Waals surface area contributed by atoms with Crippen LogP contribution < -0.4 is 4.72 Å². The van der Waals surface area contributed by atoms with E-state index in [1.165, 1.54) is 12.1 Å². The number of Topliss-reactive ketones (excluding diaryl/α,β-unsaturated/α-hetero) is 1. The van der Waals surface area contributed by atoms with Crippen molar-refractivity contribution in [2.75, 3.05) is 6.54 Å². The lowest BCUT2D eigenvalue weighted by atomic mass is 9.98. The Labute approximate surface area is 170 Å². The largest absolute Gasteiger partial charge is 0.293 e. The molecule has 0 spiro atoms. The zero-order valence-electron chi connectivity index (χ0n) is 16.3.